The van der Waals surface area contributed by atoms with Crippen LogP contribution in [0.2, 0.25) is 5.28 Å². The van der Waals surface area contributed by atoms with Gasteiger partial charge in [-0.05, 0) is 35.9 Å². The molecule has 0 aliphatic heterocycles. The van der Waals surface area contributed by atoms with Gasteiger partial charge >= 0.3 is 0 Å². The van der Waals surface area contributed by atoms with Crippen LogP contribution in [0.4, 0.5) is 11.5 Å². The molecule has 98 valence electrons. The van der Waals surface area contributed by atoms with E-state index in [1.165, 1.54) is 6.20 Å². The third kappa shape index (κ3) is 3.11. The molecule has 19 heavy (non-hydrogen) atoms. The van der Waals surface area contributed by atoms with Crippen molar-refractivity contribution >= 4 is 29.0 Å². The molecule has 0 spiro atoms. The third-order valence-electron chi connectivity index (χ3n) is 2.38. The van der Waals surface area contributed by atoms with Crippen molar-refractivity contribution in [3.05, 3.63) is 41.3 Å². The van der Waals surface area contributed by atoms with E-state index < -0.39 is 5.91 Å². The van der Waals surface area contributed by atoms with E-state index in [9.17, 15) is 4.79 Å². The number of ether oxygens (including phenoxy) is 1. The predicted molar refractivity (Wildman–Crippen MR) is 71.8 cm³/mol. The summed E-state index contributed by atoms with van der Waals surface area (Å²) in [5.74, 6) is 0.353. The zero-order valence-electron chi connectivity index (χ0n) is 10.1. The fourth-order valence-corrected chi connectivity index (χ4v) is 1.58. The molecule has 6 nitrogen and oxygen atoms in total. The van der Waals surface area contributed by atoms with Crippen LogP contribution in [0, 0.1) is 0 Å². The van der Waals surface area contributed by atoms with E-state index in [2.05, 4.69) is 15.3 Å². The Bertz CT molecular complexity index is 601. The number of carbonyl (C=O) groups excluding carboxylic acids is 1. The molecule has 0 fully saturated rings. The van der Waals surface area contributed by atoms with Crippen molar-refractivity contribution in [2.75, 3.05) is 12.4 Å². The van der Waals surface area contributed by atoms with Crippen molar-refractivity contribution in [1.82, 2.24) is 9.97 Å². The maximum atomic E-state index is 11.3. The fraction of sp³-hybridized carbons (Fsp3) is 0.0833. The van der Waals surface area contributed by atoms with Crippen LogP contribution in [0.15, 0.2) is 30.5 Å². The van der Waals surface area contributed by atoms with Crippen LogP contribution in [0.1, 0.15) is 10.4 Å². The maximum absolute atomic E-state index is 11.3. The summed E-state index contributed by atoms with van der Waals surface area (Å²) >= 11 is 5.70. The summed E-state index contributed by atoms with van der Waals surface area (Å²) in [5.41, 5.74) is 6.13. The second-order valence-corrected chi connectivity index (χ2v) is 3.96. The molecule has 2 rings (SSSR count). The van der Waals surface area contributed by atoms with Gasteiger partial charge in [0.2, 0.25) is 5.28 Å². The molecule has 0 bridgehead atoms. The molecule has 0 unspecified atom stereocenters. The highest BCUT2D eigenvalue weighted by molar-refractivity contribution is 6.28. The number of primary amides is 1. The number of amides is 1. The number of methoxy groups -OCH3 is 1. The topological polar surface area (TPSA) is 90.1 Å². The van der Waals surface area contributed by atoms with Gasteiger partial charge in [0.1, 0.15) is 17.1 Å². The molecule has 0 aliphatic carbocycles. The standard InChI is InChI=1S/C12H11ClN4O2/c1-19-8-4-2-7(3-5-8)16-11-9(10(14)18)6-15-12(13)17-11/h2-6H,1H3,(H2,14,18)(H,15,16,17). The number of hydrogen-bond donors (Lipinski definition) is 2. The summed E-state index contributed by atoms with van der Waals surface area (Å²) in [4.78, 5) is 18.9. The first-order chi connectivity index (χ1) is 9.10. The van der Waals surface area contributed by atoms with E-state index in [4.69, 9.17) is 22.1 Å². The Morgan fingerprint density at radius 3 is 2.63 bits per heavy atom. The molecule has 3 N–H and O–H groups in total. The monoisotopic (exact) mass is 278 g/mol. The van der Waals surface area contributed by atoms with Crippen LogP contribution in [0.5, 0.6) is 5.75 Å². The van der Waals surface area contributed by atoms with Gasteiger partial charge in [0.05, 0.1) is 7.11 Å². The van der Waals surface area contributed by atoms with Gasteiger partial charge in [0, 0.05) is 11.9 Å². The van der Waals surface area contributed by atoms with Gasteiger partial charge in [-0.1, -0.05) is 0 Å². The van der Waals surface area contributed by atoms with Gasteiger partial charge in [-0.15, -0.1) is 0 Å². The smallest absolute Gasteiger partial charge is 0.254 e. The van der Waals surface area contributed by atoms with Crippen LogP contribution < -0.4 is 15.8 Å². The zero-order chi connectivity index (χ0) is 13.8. The van der Waals surface area contributed by atoms with Crippen LogP contribution in [0.3, 0.4) is 0 Å². The predicted octanol–water partition coefficient (Wildman–Crippen LogP) is 1.98. The minimum absolute atomic E-state index is 0.0287. The number of benzene rings is 1. The Kier molecular flexibility index (Phi) is 3.82. The first kappa shape index (κ1) is 13.1. The summed E-state index contributed by atoms with van der Waals surface area (Å²) in [6.07, 6.45) is 1.28. The number of hydrogen-bond acceptors (Lipinski definition) is 5. The van der Waals surface area contributed by atoms with Crippen molar-refractivity contribution in [2.24, 2.45) is 5.73 Å². The second-order valence-electron chi connectivity index (χ2n) is 3.62. The number of halogens is 1. The maximum Gasteiger partial charge on any atom is 0.254 e. The largest absolute Gasteiger partial charge is 0.497 e. The number of aromatic nitrogens is 2. The highest BCUT2D eigenvalue weighted by Gasteiger charge is 2.11. The van der Waals surface area contributed by atoms with Crippen molar-refractivity contribution in [3.63, 3.8) is 0 Å². The fourth-order valence-electron chi connectivity index (χ4n) is 1.45. The van der Waals surface area contributed by atoms with E-state index >= 15 is 0 Å². The first-order valence-electron chi connectivity index (χ1n) is 5.33. The lowest BCUT2D eigenvalue weighted by Gasteiger charge is -2.09. The number of nitrogens with zero attached hydrogens (tertiary/aromatic N) is 2. The van der Waals surface area contributed by atoms with E-state index in [1.54, 1.807) is 31.4 Å². The molecule has 0 radical (unpaired) electrons. The Labute approximate surface area is 114 Å². The van der Waals surface area contributed by atoms with Gasteiger partial charge in [-0.3, -0.25) is 4.79 Å². The third-order valence-corrected chi connectivity index (χ3v) is 2.56. The van der Waals surface area contributed by atoms with Crippen molar-refractivity contribution in [3.8, 4) is 5.75 Å². The number of nitrogens with two attached hydrogens (primary N) is 1. The van der Waals surface area contributed by atoms with Crippen LogP contribution in [0.25, 0.3) is 0 Å². The molecule has 2 aromatic rings. The van der Waals surface area contributed by atoms with Crippen molar-refractivity contribution < 1.29 is 9.53 Å². The Balaban J connectivity index is 2.31. The van der Waals surface area contributed by atoms with Gasteiger partial charge in [-0.2, -0.15) is 4.98 Å². The molecule has 0 aliphatic rings. The summed E-state index contributed by atoms with van der Waals surface area (Å²) in [6, 6.07) is 7.10. The SMILES string of the molecule is COc1ccc(Nc2nc(Cl)ncc2C(N)=O)cc1. The molecule has 0 saturated carbocycles. The molecular formula is C12H11ClN4O2. The van der Waals surface area contributed by atoms with Crippen LogP contribution in [-0.2, 0) is 0 Å². The molecular weight excluding hydrogens is 268 g/mol. The average Bonchev–Trinajstić information content (AvgIpc) is 2.39. The number of rotatable bonds is 4. The zero-order valence-corrected chi connectivity index (χ0v) is 10.8. The van der Waals surface area contributed by atoms with E-state index in [1.807, 2.05) is 0 Å². The minimum Gasteiger partial charge on any atom is -0.497 e. The summed E-state index contributed by atoms with van der Waals surface area (Å²) in [5, 5.41) is 2.98. The molecule has 1 amide bonds. The molecule has 0 saturated heterocycles. The normalized spacial score (nSPS) is 10.0. The lowest BCUT2D eigenvalue weighted by Crippen LogP contribution is -2.15. The lowest BCUT2D eigenvalue weighted by atomic mass is 10.2. The van der Waals surface area contributed by atoms with Gasteiger partial charge in [0.25, 0.3) is 5.91 Å². The lowest BCUT2D eigenvalue weighted by molar-refractivity contribution is 0.100. The van der Waals surface area contributed by atoms with Gasteiger partial charge in [0.15, 0.2) is 0 Å². The van der Waals surface area contributed by atoms with E-state index in [-0.39, 0.29) is 16.7 Å². The van der Waals surface area contributed by atoms with Crippen molar-refractivity contribution in [1.29, 1.82) is 0 Å². The average molecular weight is 279 g/mol. The molecule has 1 aromatic carbocycles. The number of anilines is 2. The number of carbonyl (C=O) groups is 1. The summed E-state index contributed by atoms with van der Waals surface area (Å²) < 4.78 is 5.05. The first-order valence-corrected chi connectivity index (χ1v) is 5.71. The van der Waals surface area contributed by atoms with E-state index in [0.717, 1.165) is 11.4 Å². The molecule has 0 atom stereocenters. The highest BCUT2D eigenvalue weighted by Crippen LogP contribution is 2.21. The van der Waals surface area contributed by atoms with Gasteiger partial charge in [-0.25, -0.2) is 4.98 Å². The minimum atomic E-state index is -0.632. The van der Waals surface area contributed by atoms with Crippen LogP contribution in [-0.4, -0.2) is 23.0 Å². The molecule has 1 heterocycles. The summed E-state index contributed by atoms with van der Waals surface area (Å²) in [7, 11) is 1.58. The quantitative estimate of drug-likeness (QED) is 0.835. The summed E-state index contributed by atoms with van der Waals surface area (Å²) in [6.45, 7) is 0. The van der Waals surface area contributed by atoms with Crippen molar-refractivity contribution in [2.45, 2.75) is 0 Å². The van der Waals surface area contributed by atoms with Gasteiger partial charge < -0.3 is 15.8 Å². The molecule has 7 heteroatoms. The Morgan fingerprint density at radius 2 is 2.05 bits per heavy atom. The van der Waals surface area contributed by atoms with E-state index in [0.29, 0.717) is 0 Å². The number of nitrogens with one attached hydrogen (secondary N) is 1. The Hall–Kier alpha value is -2.34. The Morgan fingerprint density at radius 1 is 1.37 bits per heavy atom. The highest BCUT2D eigenvalue weighted by atomic mass is 35.5. The second kappa shape index (κ2) is 5.53. The molecule has 1 aromatic heterocycles. The van der Waals surface area contributed by atoms with Crippen LogP contribution >= 0.6 is 11.6 Å².